The number of nitriles is 1. The molecule has 4 aliphatic rings. The Hall–Kier alpha value is -5.86. The maximum absolute atomic E-state index is 13.8. The van der Waals surface area contributed by atoms with Gasteiger partial charge in [0.2, 0.25) is 11.8 Å². The molecule has 4 heterocycles. The van der Waals surface area contributed by atoms with Gasteiger partial charge in [-0.05, 0) is 107 Å². The third kappa shape index (κ3) is 7.49. The zero-order chi connectivity index (χ0) is 41.5. The fraction of sp³-hybridized carbons (Fsp3) is 0.390. The van der Waals surface area contributed by atoms with Gasteiger partial charge in [-0.3, -0.25) is 48.9 Å². The molecule has 17 heteroatoms. The van der Waals surface area contributed by atoms with Crippen LogP contribution in [0.3, 0.4) is 0 Å². The molecule has 7 rings (SSSR count). The van der Waals surface area contributed by atoms with E-state index in [0.29, 0.717) is 18.0 Å². The normalized spacial score (nSPS) is 19.8. The van der Waals surface area contributed by atoms with Gasteiger partial charge in [0.1, 0.15) is 17.3 Å². The van der Waals surface area contributed by atoms with Crippen molar-refractivity contribution in [3.8, 4) is 11.8 Å². The minimum Gasteiger partial charge on any atom is -0.491 e. The van der Waals surface area contributed by atoms with E-state index in [4.69, 9.17) is 17.0 Å². The molecule has 1 unspecified atom stereocenters. The van der Waals surface area contributed by atoms with Gasteiger partial charge in [-0.2, -0.15) is 18.4 Å². The molecule has 1 N–H and O–H groups in total. The number of para-hydroxylation sites is 2. The van der Waals surface area contributed by atoms with Gasteiger partial charge >= 0.3 is 6.18 Å². The molecule has 0 spiro atoms. The molecule has 3 saturated heterocycles. The molecule has 0 bridgehead atoms. The highest BCUT2D eigenvalue weighted by Gasteiger charge is 2.51. The van der Waals surface area contributed by atoms with Gasteiger partial charge < -0.3 is 9.64 Å². The Labute approximate surface area is 337 Å². The van der Waals surface area contributed by atoms with Crippen LogP contribution in [0.5, 0.6) is 5.75 Å². The number of anilines is 3. The van der Waals surface area contributed by atoms with Gasteiger partial charge in [0, 0.05) is 38.3 Å². The topological polar surface area (TPSA) is 147 Å². The van der Waals surface area contributed by atoms with Gasteiger partial charge in [-0.25, -0.2) is 0 Å². The largest absolute Gasteiger partial charge is 0.491 e. The Balaban J connectivity index is 0.895. The minimum atomic E-state index is -4.80. The van der Waals surface area contributed by atoms with E-state index < -0.39 is 58.4 Å². The zero-order valence-electron chi connectivity index (χ0n) is 31.8. The summed E-state index contributed by atoms with van der Waals surface area (Å²) in [5.74, 6) is -2.17. The zero-order valence-corrected chi connectivity index (χ0v) is 32.6. The van der Waals surface area contributed by atoms with Gasteiger partial charge in [-0.1, -0.05) is 12.1 Å². The molecular weight excluding hydrogens is 776 g/mol. The first-order valence-corrected chi connectivity index (χ1v) is 19.4. The fourth-order valence-corrected chi connectivity index (χ4v) is 8.39. The lowest BCUT2D eigenvalue weighted by molar-refractivity contribution is -0.138. The Kier molecular flexibility index (Phi) is 11.0. The number of halogens is 3. The van der Waals surface area contributed by atoms with Crippen LogP contribution in [0.1, 0.15) is 77.8 Å². The number of carbonyl (C=O) groups is 5. The lowest BCUT2D eigenvalue weighted by Gasteiger charge is -2.36. The number of unbranched alkanes of at least 4 members (excludes halogenated alkanes) is 2. The number of thiocarbonyl (C=S) groups is 1. The number of imide groups is 2. The first-order valence-electron chi connectivity index (χ1n) is 19.0. The molecule has 302 valence electrons. The number of hydrogen-bond acceptors (Lipinski definition) is 10. The van der Waals surface area contributed by atoms with E-state index in [1.54, 1.807) is 61.2 Å². The van der Waals surface area contributed by atoms with E-state index >= 15 is 0 Å². The number of ether oxygens (including phenoxy) is 1. The van der Waals surface area contributed by atoms with Crippen molar-refractivity contribution in [1.29, 1.82) is 5.26 Å². The van der Waals surface area contributed by atoms with Crippen molar-refractivity contribution < 1.29 is 41.9 Å². The number of piperazine rings is 1. The number of benzene rings is 3. The molecule has 3 aromatic carbocycles. The van der Waals surface area contributed by atoms with Gasteiger partial charge in [0.05, 0.1) is 46.3 Å². The van der Waals surface area contributed by atoms with Crippen molar-refractivity contribution in [3.05, 3.63) is 82.9 Å². The number of fused-ring (bicyclic) bond motifs is 1. The van der Waals surface area contributed by atoms with E-state index in [2.05, 4.69) is 15.1 Å². The number of alkyl halides is 3. The van der Waals surface area contributed by atoms with Crippen molar-refractivity contribution in [2.24, 2.45) is 0 Å². The second kappa shape index (κ2) is 15.8. The van der Waals surface area contributed by atoms with Crippen LogP contribution in [-0.4, -0.2) is 95.4 Å². The Bertz CT molecular complexity index is 2250. The molecule has 13 nitrogen and oxygen atoms in total. The molecule has 3 fully saturated rings. The summed E-state index contributed by atoms with van der Waals surface area (Å²) in [4.78, 5) is 72.2. The SMILES string of the molecule is CC1(C)C(=O)N(c2ccc(C#N)c(C(F)(F)F)c2)C(=S)N1c1ccccc1OCCCCCN1CCN(c2ccc3c(c2)C(=O)N(C2CCC(=O)NC2=O)C3=O)CC1. The van der Waals surface area contributed by atoms with Crippen LogP contribution in [0, 0.1) is 11.3 Å². The first-order chi connectivity index (χ1) is 27.6. The second-order valence-electron chi connectivity index (χ2n) is 15.0. The van der Waals surface area contributed by atoms with Crippen LogP contribution in [0.2, 0.25) is 0 Å². The highest BCUT2D eigenvalue weighted by atomic mass is 32.1. The standard InChI is InChI=1S/C41H40F3N7O6S/c1-40(2)38(56)49(27-11-10-25(24-45)30(23-27)41(42,43)44)39(58)51(40)31-8-4-5-9-33(31)57-21-7-3-6-16-47-17-19-48(20-18-47)26-12-13-28-29(22-26)37(55)50(36(28)54)32-14-15-34(52)46-35(32)53/h4-5,8-13,22-23,32H,3,6-7,14-21H2,1-2H3,(H,46,52,53). The van der Waals surface area contributed by atoms with E-state index in [9.17, 15) is 42.4 Å². The molecule has 0 aliphatic carbocycles. The van der Waals surface area contributed by atoms with Crippen molar-refractivity contribution in [2.75, 3.05) is 54.0 Å². The number of rotatable bonds is 11. The summed E-state index contributed by atoms with van der Waals surface area (Å²) in [5.41, 5.74) is -1.23. The van der Waals surface area contributed by atoms with E-state index in [1.807, 2.05) is 6.07 Å². The average molecular weight is 816 g/mol. The summed E-state index contributed by atoms with van der Waals surface area (Å²) in [6, 6.07) is 15.9. The van der Waals surface area contributed by atoms with Gasteiger partial charge in [-0.15, -0.1) is 0 Å². The molecule has 1 atom stereocenters. The average Bonchev–Trinajstić information content (AvgIpc) is 3.54. The van der Waals surface area contributed by atoms with E-state index in [0.717, 1.165) is 79.6 Å². The lowest BCUT2D eigenvalue weighted by Crippen LogP contribution is -2.54. The number of nitrogens with one attached hydrogen (secondary N) is 1. The van der Waals surface area contributed by atoms with E-state index in [1.165, 1.54) is 6.07 Å². The Morgan fingerprint density at radius 3 is 2.31 bits per heavy atom. The first kappa shape index (κ1) is 40.3. The molecule has 3 aromatic rings. The summed E-state index contributed by atoms with van der Waals surface area (Å²) in [6.45, 7) is 7.59. The minimum absolute atomic E-state index is 0.0137. The highest BCUT2D eigenvalue weighted by Crippen LogP contribution is 2.42. The molecule has 5 amide bonds. The molecule has 0 radical (unpaired) electrons. The molecule has 0 aromatic heterocycles. The molecular formula is C41H40F3N7O6S. The third-order valence-corrected chi connectivity index (χ3v) is 11.4. The number of amides is 5. The monoisotopic (exact) mass is 815 g/mol. The Morgan fingerprint density at radius 2 is 1.60 bits per heavy atom. The number of carbonyl (C=O) groups excluding carboxylic acids is 5. The second-order valence-corrected chi connectivity index (χ2v) is 15.4. The van der Waals surface area contributed by atoms with Crippen molar-refractivity contribution >= 4 is 63.9 Å². The summed E-state index contributed by atoms with van der Waals surface area (Å²) < 4.78 is 47.5. The smallest absolute Gasteiger partial charge is 0.417 e. The Morgan fingerprint density at radius 1 is 0.897 bits per heavy atom. The molecule has 0 saturated carbocycles. The predicted molar refractivity (Wildman–Crippen MR) is 210 cm³/mol. The number of nitrogens with zero attached hydrogens (tertiary/aromatic N) is 6. The van der Waals surface area contributed by atoms with Crippen LogP contribution in [-0.2, 0) is 20.6 Å². The summed E-state index contributed by atoms with van der Waals surface area (Å²) in [5, 5.41) is 11.4. The molecule has 4 aliphatic heterocycles. The van der Waals surface area contributed by atoms with Crippen LogP contribution in [0.4, 0.5) is 30.2 Å². The van der Waals surface area contributed by atoms with Crippen molar-refractivity contribution in [3.63, 3.8) is 0 Å². The van der Waals surface area contributed by atoms with Gasteiger partial charge in [0.25, 0.3) is 17.7 Å². The quantitative estimate of drug-likeness (QED) is 0.154. The summed E-state index contributed by atoms with van der Waals surface area (Å²) in [7, 11) is 0. The van der Waals surface area contributed by atoms with Crippen LogP contribution in [0.15, 0.2) is 60.7 Å². The van der Waals surface area contributed by atoms with Crippen molar-refractivity contribution in [1.82, 2.24) is 15.1 Å². The fourth-order valence-electron chi connectivity index (χ4n) is 7.88. The highest BCUT2D eigenvalue weighted by molar-refractivity contribution is 7.81. The lowest BCUT2D eigenvalue weighted by atomic mass is 10.0. The van der Waals surface area contributed by atoms with E-state index in [-0.39, 0.29) is 34.8 Å². The third-order valence-electron chi connectivity index (χ3n) is 11.0. The molecule has 58 heavy (non-hydrogen) atoms. The maximum Gasteiger partial charge on any atom is 0.417 e. The number of piperidine rings is 1. The van der Waals surface area contributed by atoms with Crippen LogP contribution >= 0.6 is 12.2 Å². The maximum atomic E-state index is 13.8. The van der Waals surface area contributed by atoms with Crippen LogP contribution in [0.25, 0.3) is 0 Å². The van der Waals surface area contributed by atoms with Crippen LogP contribution < -0.4 is 24.8 Å². The predicted octanol–water partition coefficient (Wildman–Crippen LogP) is 5.27. The summed E-state index contributed by atoms with van der Waals surface area (Å²) in [6.07, 6.45) is -2.09. The van der Waals surface area contributed by atoms with Crippen molar-refractivity contribution in [2.45, 2.75) is 63.7 Å². The van der Waals surface area contributed by atoms with Gasteiger partial charge in [0.15, 0.2) is 5.11 Å². The summed E-state index contributed by atoms with van der Waals surface area (Å²) >= 11 is 5.71. The number of hydrogen-bond donors (Lipinski definition) is 1.